The van der Waals surface area contributed by atoms with Crippen LogP contribution in [0.5, 0.6) is 0 Å². The number of benzene rings is 2. The standard InChI is InChI=1S/C15H14O3S/c1-4-11-10-12-8-6-7-9-14(12)15(13(11)5-2)19(16,17)18-3/h4-10H,1-2H2,3H3. The lowest BCUT2D eigenvalue weighted by molar-refractivity contribution is 0.398. The summed E-state index contributed by atoms with van der Waals surface area (Å²) >= 11 is 0. The van der Waals surface area contributed by atoms with Crippen LogP contribution in [0.1, 0.15) is 11.1 Å². The van der Waals surface area contributed by atoms with Crippen LogP contribution < -0.4 is 0 Å². The molecule has 0 radical (unpaired) electrons. The highest BCUT2D eigenvalue weighted by atomic mass is 32.2. The first-order valence-corrected chi connectivity index (χ1v) is 7.07. The molecular formula is C15H14O3S. The monoisotopic (exact) mass is 274 g/mol. The fraction of sp³-hybridized carbons (Fsp3) is 0.0667. The fourth-order valence-electron chi connectivity index (χ4n) is 2.08. The normalized spacial score (nSPS) is 11.4. The Morgan fingerprint density at radius 1 is 1.16 bits per heavy atom. The highest BCUT2D eigenvalue weighted by molar-refractivity contribution is 7.87. The van der Waals surface area contributed by atoms with Gasteiger partial charge in [0.05, 0.1) is 7.11 Å². The van der Waals surface area contributed by atoms with Gasteiger partial charge in [-0.25, -0.2) is 0 Å². The van der Waals surface area contributed by atoms with Gasteiger partial charge in [0.25, 0.3) is 10.1 Å². The van der Waals surface area contributed by atoms with Gasteiger partial charge in [0.15, 0.2) is 0 Å². The first-order chi connectivity index (χ1) is 9.05. The van der Waals surface area contributed by atoms with Crippen molar-refractivity contribution in [3.05, 3.63) is 54.6 Å². The van der Waals surface area contributed by atoms with Crippen molar-refractivity contribution in [3.63, 3.8) is 0 Å². The second-order valence-electron chi connectivity index (χ2n) is 3.96. The third-order valence-corrected chi connectivity index (χ3v) is 4.34. The third kappa shape index (κ3) is 2.20. The average molecular weight is 274 g/mol. The minimum absolute atomic E-state index is 0.137. The van der Waals surface area contributed by atoms with Gasteiger partial charge in [-0.15, -0.1) is 0 Å². The summed E-state index contributed by atoms with van der Waals surface area (Å²) in [7, 11) is -2.67. The molecule has 0 aliphatic rings. The molecule has 0 amide bonds. The van der Waals surface area contributed by atoms with Crippen molar-refractivity contribution in [3.8, 4) is 0 Å². The Labute approximate surface area is 113 Å². The summed E-state index contributed by atoms with van der Waals surface area (Å²) in [4.78, 5) is 0.137. The minimum atomic E-state index is -3.82. The Bertz CT molecular complexity index is 758. The SMILES string of the molecule is C=Cc1cc2ccccc2c(S(=O)(=O)OC)c1C=C. The zero-order chi connectivity index (χ0) is 14.0. The van der Waals surface area contributed by atoms with Crippen LogP contribution in [0, 0.1) is 0 Å². The molecule has 0 aliphatic heterocycles. The molecule has 4 heteroatoms. The Morgan fingerprint density at radius 3 is 2.42 bits per heavy atom. The van der Waals surface area contributed by atoms with Gasteiger partial charge in [0, 0.05) is 10.9 Å². The van der Waals surface area contributed by atoms with E-state index >= 15 is 0 Å². The maximum Gasteiger partial charge on any atom is 0.297 e. The molecule has 2 rings (SSSR count). The minimum Gasteiger partial charge on any atom is -0.270 e. The van der Waals surface area contributed by atoms with Gasteiger partial charge in [0.1, 0.15) is 4.90 Å². The summed E-state index contributed by atoms with van der Waals surface area (Å²) < 4.78 is 29.0. The van der Waals surface area contributed by atoms with E-state index in [9.17, 15) is 8.42 Å². The largest absolute Gasteiger partial charge is 0.297 e. The Kier molecular flexibility index (Phi) is 3.55. The predicted molar refractivity (Wildman–Crippen MR) is 78.3 cm³/mol. The number of hydrogen-bond acceptors (Lipinski definition) is 3. The molecule has 19 heavy (non-hydrogen) atoms. The summed E-state index contributed by atoms with van der Waals surface area (Å²) in [6.07, 6.45) is 3.12. The van der Waals surface area contributed by atoms with Crippen molar-refractivity contribution < 1.29 is 12.6 Å². The van der Waals surface area contributed by atoms with E-state index in [1.165, 1.54) is 6.08 Å². The zero-order valence-corrected chi connectivity index (χ0v) is 11.4. The predicted octanol–water partition coefficient (Wildman–Crippen LogP) is 3.46. The highest BCUT2D eigenvalue weighted by Gasteiger charge is 2.22. The zero-order valence-electron chi connectivity index (χ0n) is 10.6. The topological polar surface area (TPSA) is 43.4 Å². The maximum atomic E-state index is 12.2. The van der Waals surface area contributed by atoms with Crippen LogP contribution in [0.3, 0.4) is 0 Å². The molecule has 0 saturated carbocycles. The van der Waals surface area contributed by atoms with Crippen LogP contribution in [0.25, 0.3) is 22.9 Å². The van der Waals surface area contributed by atoms with Crippen molar-refractivity contribution >= 4 is 33.0 Å². The van der Waals surface area contributed by atoms with E-state index in [-0.39, 0.29) is 4.90 Å². The molecule has 0 aliphatic carbocycles. The molecular weight excluding hydrogens is 260 g/mol. The first-order valence-electron chi connectivity index (χ1n) is 5.66. The van der Waals surface area contributed by atoms with Gasteiger partial charge in [0.2, 0.25) is 0 Å². The molecule has 0 atom stereocenters. The summed E-state index contributed by atoms with van der Waals surface area (Å²) in [5.41, 5.74) is 1.22. The molecule has 0 saturated heterocycles. The molecule has 2 aromatic rings. The van der Waals surface area contributed by atoms with E-state index in [4.69, 9.17) is 0 Å². The van der Waals surface area contributed by atoms with Crippen LogP contribution in [0.2, 0.25) is 0 Å². The van der Waals surface area contributed by atoms with Crippen LogP contribution in [-0.4, -0.2) is 15.5 Å². The summed E-state index contributed by atoms with van der Waals surface area (Å²) in [6, 6.07) is 9.13. The van der Waals surface area contributed by atoms with Crippen LogP contribution in [-0.2, 0) is 14.3 Å². The number of rotatable bonds is 4. The molecule has 3 nitrogen and oxygen atoms in total. The molecule has 0 N–H and O–H groups in total. The second kappa shape index (κ2) is 4.99. The van der Waals surface area contributed by atoms with Gasteiger partial charge in [-0.2, -0.15) is 8.42 Å². The Balaban J connectivity index is 3.07. The highest BCUT2D eigenvalue weighted by Crippen LogP contribution is 2.32. The molecule has 0 spiro atoms. The first kappa shape index (κ1) is 13.5. The molecule has 0 unspecified atom stereocenters. The Hall–Kier alpha value is -1.91. The van der Waals surface area contributed by atoms with Crippen molar-refractivity contribution in [2.45, 2.75) is 4.90 Å². The van der Waals surface area contributed by atoms with E-state index in [0.717, 1.165) is 12.5 Å². The van der Waals surface area contributed by atoms with Gasteiger partial charge in [-0.3, -0.25) is 4.18 Å². The van der Waals surface area contributed by atoms with E-state index in [2.05, 4.69) is 17.3 Å². The lowest BCUT2D eigenvalue weighted by Crippen LogP contribution is -2.07. The van der Waals surface area contributed by atoms with Gasteiger partial charge >= 0.3 is 0 Å². The van der Waals surface area contributed by atoms with Crippen molar-refractivity contribution in [2.24, 2.45) is 0 Å². The van der Waals surface area contributed by atoms with Crippen molar-refractivity contribution in [2.75, 3.05) is 7.11 Å². The van der Waals surface area contributed by atoms with Crippen LogP contribution in [0.4, 0.5) is 0 Å². The lowest BCUT2D eigenvalue weighted by atomic mass is 10.0. The van der Waals surface area contributed by atoms with Crippen LogP contribution >= 0.6 is 0 Å². The van der Waals surface area contributed by atoms with Crippen molar-refractivity contribution in [1.29, 1.82) is 0 Å². The Morgan fingerprint density at radius 2 is 1.84 bits per heavy atom. The average Bonchev–Trinajstić information content (AvgIpc) is 2.44. The lowest BCUT2D eigenvalue weighted by Gasteiger charge is -2.13. The van der Waals surface area contributed by atoms with Gasteiger partial charge in [-0.05, 0) is 17.0 Å². The summed E-state index contributed by atoms with van der Waals surface area (Å²) in [5, 5.41) is 1.43. The molecule has 0 bridgehead atoms. The number of hydrogen-bond donors (Lipinski definition) is 0. The van der Waals surface area contributed by atoms with Crippen molar-refractivity contribution in [1.82, 2.24) is 0 Å². The van der Waals surface area contributed by atoms with E-state index in [1.54, 1.807) is 18.2 Å². The summed E-state index contributed by atoms with van der Waals surface area (Å²) in [6.45, 7) is 7.40. The smallest absolute Gasteiger partial charge is 0.270 e. The molecule has 0 fully saturated rings. The van der Waals surface area contributed by atoms with E-state index < -0.39 is 10.1 Å². The molecule has 98 valence electrons. The number of fused-ring (bicyclic) bond motifs is 1. The third-order valence-electron chi connectivity index (χ3n) is 2.97. The van der Waals surface area contributed by atoms with Crippen LogP contribution in [0.15, 0.2) is 48.4 Å². The summed E-state index contributed by atoms with van der Waals surface area (Å²) in [5.74, 6) is 0. The molecule has 0 aromatic heterocycles. The molecule has 0 heterocycles. The molecule has 2 aromatic carbocycles. The second-order valence-corrected chi connectivity index (χ2v) is 5.61. The maximum absolute atomic E-state index is 12.2. The quantitative estimate of drug-likeness (QED) is 0.802. The fourth-order valence-corrected chi connectivity index (χ4v) is 3.18. The van der Waals surface area contributed by atoms with E-state index in [0.29, 0.717) is 16.5 Å². The van der Waals surface area contributed by atoms with Gasteiger partial charge < -0.3 is 0 Å². The van der Waals surface area contributed by atoms with Gasteiger partial charge in [-0.1, -0.05) is 49.6 Å². The van der Waals surface area contributed by atoms with E-state index in [1.807, 2.05) is 18.2 Å².